The molecule has 0 saturated carbocycles. The molecule has 0 saturated heterocycles. The van der Waals surface area contributed by atoms with Crippen molar-refractivity contribution in [3.8, 4) is 56.5 Å². The zero-order valence-electron chi connectivity index (χ0n) is 27.4. The average Bonchev–Trinajstić information content (AvgIpc) is 3.74. The minimum atomic E-state index is 0.0977. The molecule has 0 aliphatic heterocycles. The van der Waals surface area contributed by atoms with Gasteiger partial charge >= 0.3 is 0 Å². The van der Waals surface area contributed by atoms with Crippen LogP contribution in [-0.2, 0) is 0 Å². The van der Waals surface area contributed by atoms with Gasteiger partial charge in [0.2, 0.25) is 0 Å². The van der Waals surface area contributed by atoms with E-state index >= 15 is 0 Å². The lowest BCUT2D eigenvalue weighted by atomic mass is 9.99. The minimum Gasteiger partial charge on any atom is -0.507 e. The lowest BCUT2D eigenvalue weighted by Gasteiger charge is -2.13. The average molecular weight is 656 g/mol. The van der Waals surface area contributed by atoms with Crippen molar-refractivity contribution in [3.63, 3.8) is 0 Å². The molecule has 5 nitrogen and oxygen atoms in total. The van der Waals surface area contributed by atoms with Gasteiger partial charge in [0.1, 0.15) is 22.7 Å². The second-order valence-electron chi connectivity index (χ2n) is 12.8. The molecule has 0 amide bonds. The van der Waals surface area contributed by atoms with Gasteiger partial charge in [-0.1, -0.05) is 109 Å². The van der Waals surface area contributed by atoms with Crippen LogP contribution in [0.2, 0.25) is 0 Å². The van der Waals surface area contributed by atoms with Gasteiger partial charge in [0, 0.05) is 21.5 Å². The topological polar surface area (TPSA) is 64.1 Å². The summed E-state index contributed by atoms with van der Waals surface area (Å²) in [6.45, 7) is 0. The van der Waals surface area contributed by atoms with Crippen LogP contribution in [-0.4, -0.2) is 19.6 Å². The first-order chi connectivity index (χ1) is 25.2. The molecule has 6 aromatic carbocycles. The summed E-state index contributed by atoms with van der Waals surface area (Å²) in [5.74, 6) is 0.898. The highest BCUT2D eigenvalue weighted by Crippen LogP contribution is 2.43. The third-order valence-corrected chi connectivity index (χ3v) is 9.72. The molecular formula is C46H29N3O2. The summed E-state index contributed by atoms with van der Waals surface area (Å²) in [5, 5.41) is 15.7. The van der Waals surface area contributed by atoms with Crippen molar-refractivity contribution in [1.82, 2.24) is 14.5 Å². The number of furan rings is 1. The molecule has 0 unspecified atom stereocenters. The minimum absolute atomic E-state index is 0.0977. The Morgan fingerprint density at radius 1 is 0.431 bits per heavy atom. The fourth-order valence-electron chi connectivity index (χ4n) is 7.33. The summed E-state index contributed by atoms with van der Waals surface area (Å²) in [5.41, 5.74) is 10.2. The molecule has 0 bridgehead atoms. The number of hydrogen-bond acceptors (Lipinski definition) is 4. The van der Waals surface area contributed by atoms with Crippen LogP contribution in [0.4, 0.5) is 0 Å². The molecule has 0 aliphatic carbocycles. The zero-order valence-corrected chi connectivity index (χ0v) is 27.4. The number of nitrogens with zero attached hydrogens (tertiary/aromatic N) is 3. The number of phenolic OH excluding ortho intramolecular Hbond substituents is 1. The van der Waals surface area contributed by atoms with E-state index in [4.69, 9.17) is 14.4 Å². The maximum absolute atomic E-state index is 11.5. The lowest BCUT2D eigenvalue weighted by Crippen LogP contribution is -2.00. The second kappa shape index (κ2) is 11.6. The van der Waals surface area contributed by atoms with Crippen LogP contribution < -0.4 is 0 Å². The maximum Gasteiger partial charge on any atom is 0.148 e. The smallest absolute Gasteiger partial charge is 0.148 e. The summed E-state index contributed by atoms with van der Waals surface area (Å²) in [7, 11) is 0. The first-order valence-electron chi connectivity index (χ1n) is 17.0. The SMILES string of the molecule is Oc1ccc2c(oc3cc(-c4ccccc4)ccc32)c1-c1cc(-c2ccccc2)cc(-c2cccc(-n3c4ccccc4c4ccccc43)n2)n1. The Morgan fingerprint density at radius 2 is 1.06 bits per heavy atom. The van der Waals surface area contributed by atoms with Crippen molar-refractivity contribution < 1.29 is 9.52 Å². The molecule has 0 radical (unpaired) electrons. The van der Waals surface area contributed by atoms with Gasteiger partial charge in [-0.15, -0.1) is 0 Å². The summed E-state index contributed by atoms with van der Waals surface area (Å²) >= 11 is 0. The van der Waals surface area contributed by atoms with Crippen LogP contribution in [0.5, 0.6) is 5.75 Å². The number of para-hydroxylation sites is 2. The summed E-state index contributed by atoms with van der Waals surface area (Å²) in [6.07, 6.45) is 0. The Balaban J connectivity index is 1.18. The van der Waals surface area contributed by atoms with E-state index in [9.17, 15) is 5.11 Å². The van der Waals surface area contributed by atoms with Gasteiger partial charge in [-0.25, -0.2) is 9.97 Å². The van der Waals surface area contributed by atoms with Crippen molar-refractivity contribution in [2.45, 2.75) is 0 Å². The van der Waals surface area contributed by atoms with E-state index in [1.54, 1.807) is 6.07 Å². The summed E-state index contributed by atoms with van der Waals surface area (Å²) < 4.78 is 8.81. The summed E-state index contributed by atoms with van der Waals surface area (Å²) in [4.78, 5) is 10.4. The number of hydrogen-bond donors (Lipinski definition) is 1. The molecule has 0 aliphatic rings. The molecule has 1 N–H and O–H groups in total. The molecule has 10 aromatic rings. The van der Waals surface area contributed by atoms with E-state index in [2.05, 4.69) is 102 Å². The first kappa shape index (κ1) is 29.0. The number of fused-ring (bicyclic) bond motifs is 6. The fourth-order valence-corrected chi connectivity index (χ4v) is 7.33. The van der Waals surface area contributed by atoms with Crippen LogP contribution in [0.3, 0.4) is 0 Å². The molecule has 0 spiro atoms. The number of benzene rings is 6. The highest BCUT2D eigenvalue weighted by Gasteiger charge is 2.21. The quantitative estimate of drug-likeness (QED) is 0.200. The van der Waals surface area contributed by atoms with Gasteiger partial charge in [-0.05, 0) is 82.9 Å². The molecule has 10 rings (SSSR count). The molecule has 5 heteroatoms. The van der Waals surface area contributed by atoms with Crippen molar-refractivity contribution >= 4 is 43.7 Å². The number of aromatic hydroxyl groups is 1. The van der Waals surface area contributed by atoms with Crippen LogP contribution in [0.15, 0.2) is 174 Å². The Labute approximate surface area is 293 Å². The molecule has 4 heterocycles. The van der Waals surface area contributed by atoms with Crippen LogP contribution in [0.1, 0.15) is 0 Å². The van der Waals surface area contributed by atoms with Gasteiger partial charge in [0.15, 0.2) is 0 Å². The summed E-state index contributed by atoms with van der Waals surface area (Å²) in [6, 6.07) is 57.4. The number of aromatic nitrogens is 3. The molecular weight excluding hydrogens is 627 g/mol. The molecule has 51 heavy (non-hydrogen) atoms. The monoisotopic (exact) mass is 655 g/mol. The number of rotatable bonds is 5. The van der Waals surface area contributed by atoms with Crippen molar-refractivity contribution in [1.29, 1.82) is 0 Å². The highest BCUT2D eigenvalue weighted by atomic mass is 16.3. The Kier molecular flexibility index (Phi) is 6.58. The van der Waals surface area contributed by atoms with E-state index < -0.39 is 0 Å². The largest absolute Gasteiger partial charge is 0.507 e. The zero-order chi connectivity index (χ0) is 33.9. The predicted octanol–water partition coefficient (Wildman–Crippen LogP) is 11.8. The number of pyridine rings is 2. The third-order valence-electron chi connectivity index (χ3n) is 9.72. The van der Waals surface area contributed by atoms with Gasteiger partial charge < -0.3 is 9.52 Å². The third kappa shape index (κ3) is 4.78. The van der Waals surface area contributed by atoms with Crippen LogP contribution in [0, 0.1) is 0 Å². The normalized spacial score (nSPS) is 11.6. The van der Waals surface area contributed by atoms with Gasteiger partial charge in [0.05, 0.1) is 33.7 Å². The standard InChI is InChI=1S/C46H29N3O2/c50-42-25-24-36-35-23-22-31(29-12-3-1-4-13-29)28-43(35)51-46(36)45(42)39-27-32(30-14-5-2-6-15-30)26-38(47-39)37-18-11-21-44(48-37)49-40-19-9-7-16-33(40)34-17-8-10-20-41(34)49/h1-28,50H. The van der Waals surface area contributed by atoms with Gasteiger partial charge in [0.25, 0.3) is 0 Å². The molecule has 0 fully saturated rings. The molecule has 4 aromatic heterocycles. The number of phenols is 1. The van der Waals surface area contributed by atoms with E-state index in [1.807, 2.05) is 66.7 Å². The van der Waals surface area contributed by atoms with Crippen molar-refractivity contribution in [2.24, 2.45) is 0 Å². The van der Waals surface area contributed by atoms with E-state index in [-0.39, 0.29) is 5.75 Å². The van der Waals surface area contributed by atoms with Gasteiger partial charge in [-0.3, -0.25) is 4.57 Å². The van der Waals surface area contributed by atoms with E-state index in [1.165, 1.54) is 10.8 Å². The molecule has 240 valence electrons. The van der Waals surface area contributed by atoms with Crippen LogP contribution >= 0.6 is 0 Å². The van der Waals surface area contributed by atoms with E-state index in [0.717, 1.165) is 61.2 Å². The second-order valence-corrected chi connectivity index (χ2v) is 12.8. The van der Waals surface area contributed by atoms with Crippen molar-refractivity contribution in [2.75, 3.05) is 0 Å². The Bertz CT molecular complexity index is 2870. The first-order valence-corrected chi connectivity index (χ1v) is 17.0. The predicted molar refractivity (Wildman–Crippen MR) is 207 cm³/mol. The van der Waals surface area contributed by atoms with Crippen LogP contribution in [0.25, 0.3) is 94.5 Å². The lowest BCUT2D eigenvalue weighted by molar-refractivity contribution is 0.477. The Morgan fingerprint density at radius 3 is 1.78 bits per heavy atom. The van der Waals surface area contributed by atoms with Gasteiger partial charge in [-0.2, -0.15) is 0 Å². The Hall–Kier alpha value is -6.98. The highest BCUT2D eigenvalue weighted by molar-refractivity contribution is 6.12. The fraction of sp³-hybridized carbons (Fsp3) is 0. The van der Waals surface area contributed by atoms with E-state index in [0.29, 0.717) is 22.5 Å². The molecule has 0 atom stereocenters. The maximum atomic E-state index is 11.5. The van der Waals surface area contributed by atoms with Crippen molar-refractivity contribution in [3.05, 3.63) is 170 Å².